The summed E-state index contributed by atoms with van der Waals surface area (Å²) in [6.45, 7) is 0.164. The highest BCUT2D eigenvalue weighted by Gasteiger charge is 2.50. The van der Waals surface area contributed by atoms with Gasteiger partial charge in [-0.25, -0.2) is 4.79 Å². The van der Waals surface area contributed by atoms with Crippen LogP contribution in [0, 0.1) is 0 Å². The molecule has 0 radical (unpaired) electrons. The molecule has 0 saturated carbocycles. The molecule has 2 fully saturated rings. The van der Waals surface area contributed by atoms with Crippen molar-refractivity contribution in [1.82, 2.24) is 4.90 Å². The van der Waals surface area contributed by atoms with Crippen molar-refractivity contribution >= 4 is 17.8 Å². The molecule has 8 heteroatoms. The highest BCUT2D eigenvalue weighted by Crippen LogP contribution is 2.31. The standard InChI is InChI=1S/C15H16N2O6/c16-12(14(19)20)13(9-7-17-10(18)6-11(17)22-9)23-15(21)8-4-2-1-3-5-8/h1-5,9,11-13H,6-7,16H2,(H,19,20)/t9-,11+,12-,13+/m1/s1. The van der Waals surface area contributed by atoms with Crippen molar-refractivity contribution < 1.29 is 29.0 Å². The van der Waals surface area contributed by atoms with Gasteiger partial charge in [0.05, 0.1) is 18.5 Å². The average Bonchev–Trinajstić information content (AvgIpc) is 2.89. The van der Waals surface area contributed by atoms with Crippen LogP contribution in [-0.2, 0) is 19.1 Å². The van der Waals surface area contributed by atoms with Crippen molar-refractivity contribution in [2.45, 2.75) is 30.9 Å². The van der Waals surface area contributed by atoms with Gasteiger partial charge < -0.3 is 25.2 Å². The highest BCUT2D eigenvalue weighted by molar-refractivity contribution is 5.90. The Kier molecular flexibility index (Phi) is 4.01. The smallest absolute Gasteiger partial charge is 0.338 e. The number of ether oxygens (including phenoxy) is 2. The lowest BCUT2D eigenvalue weighted by Crippen LogP contribution is -2.52. The van der Waals surface area contributed by atoms with Crippen LogP contribution in [0.4, 0.5) is 0 Å². The molecule has 0 unspecified atom stereocenters. The quantitative estimate of drug-likeness (QED) is 0.558. The minimum absolute atomic E-state index is 0.0745. The lowest BCUT2D eigenvalue weighted by atomic mass is 10.1. The monoisotopic (exact) mass is 320 g/mol. The van der Waals surface area contributed by atoms with Gasteiger partial charge in [-0.1, -0.05) is 18.2 Å². The van der Waals surface area contributed by atoms with Gasteiger partial charge in [-0.2, -0.15) is 0 Å². The number of hydrogen-bond acceptors (Lipinski definition) is 6. The molecular weight excluding hydrogens is 304 g/mol. The van der Waals surface area contributed by atoms with Crippen molar-refractivity contribution in [3.8, 4) is 0 Å². The fraction of sp³-hybridized carbons (Fsp3) is 0.400. The summed E-state index contributed by atoms with van der Waals surface area (Å²) in [5, 5.41) is 9.14. The van der Waals surface area contributed by atoms with Crippen molar-refractivity contribution in [3.63, 3.8) is 0 Å². The summed E-state index contributed by atoms with van der Waals surface area (Å²) in [7, 11) is 0. The Morgan fingerprint density at radius 3 is 2.61 bits per heavy atom. The van der Waals surface area contributed by atoms with Crippen molar-refractivity contribution in [2.24, 2.45) is 5.73 Å². The largest absolute Gasteiger partial charge is 0.480 e. The Balaban J connectivity index is 1.75. The van der Waals surface area contributed by atoms with Crippen molar-refractivity contribution in [3.05, 3.63) is 35.9 Å². The molecule has 0 aromatic heterocycles. The Morgan fingerprint density at radius 2 is 2.04 bits per heavy atom. The number of nitrogens with zero attached hydrogens (tertiary/aromatic N) is 1. The maximum Gasteiger partial charge on any atom is 0.338 e. The van der Waals surface area contributed by atoms with Crippen LogP contribution < -0.4 is 5.73 Å². The van der Waals surface area contributed by atoms with Gasteiger partial charge >= 0.3 is 11.9 Å². The number of amides is 1. The zero-order valence-electron chi connectivity index (χ0n) is 12.1. The maximum absolute atomic E-state index is 12.2. The van der Waals surface area contributed by atoms with E-state index in [-0.39, 0.29) is 30.7 Å². The van der Waals surface area contributed by atoms with Gasteiger partial charge in [0.1, 0.15) is 18.4 Å². The minimum Gasteiger partial charge on any atom is -0.480 e. The number of hydrogen-bond donors (Lipinski definition) is 2. The Hall–Kier alpha value is -2.45. The number of carbonyl (C=O) groups excluding carboxylic acids is 2. The van der Waals surface area contributed by atoms with Gasteiger partial charge in [0.25, 0.3) is 0 Å². The normalized spacial score (nSPS) is 25.3. The van der Waals surface area contributed by atoms with Crippen LogP contribution in [0.5, 0.6) is 0 Å². The van der Waals surface area contributed by atoms with Crippen molar-refractivity contribution in [2.75, 3.05) is 6.54 Å². The number of β-lactam (4-membered cyclic amide) rings is 1. The number of carbonyl (C=O) groups is 3. The van der Waals surface area contributed by atoms with Gasteiger partial charge in [0, 0.05) is 0 Å². The zero-order valence-corrected chi connectivity index (χ0v) is 12.1. The third-order valence-corrected chi connectivity index (χ3v) is 3.98. The topological polar surface area (TPSA) is 119 Å². The molecule has 122 valence electrons. The predicted molar refractivity (Wildman–Crippen MR) is 76.2 cm³/mol. The minimum atomic E-state index is -1.44. The summed E-state index contributed by atoms with van der Waals surface area (Å²) in [5.74, 6) is -2.06. The van der Waals surface area contributed by atoms with Crippen LogP contribution in [-0.4, -0.2) is 58.9 Å². The number of fused-ring (bicyclic) bond motifs is 1. The molecule has 1 aromatic rings. The van der Waals surface area contributed by atoms with Gasteiger partial charge in [0.2, 0.25) is 5.91 Å². The van der Waals surface area contributed by atoms with E-state index in [4.69, 9.17) is 20.3 Å². The van der Waals surface area contributed by atoms with Crippen LogP contribution in [0.15, 0.2) is 30.3 Å². The molecule has 2 saturated heterocycles. The number of benzene rings is 1. The predicted octanol–water partition coefficient (Wildman–Crippen LogP) is -0.419. The zero-order chi connectivity index (χ0) is 16.6. The van der Waals surface area contributed by atoms with E-state index < -0.39 is 30.2 Å². The van der Waals surface area contributed by atoms with Gasteiger partial charge in [-0.05, 0) is 12.1 Å². The first-order chi connectivity index (χ1) is 11.0. The molecule has 0 aliphatic carbocycles. The summed E-state index contributed by atoms with van der Waals surface area (Å²) < 4.78 is 10.9. The Bertz CT molecular complexity index is 634. The lowest BCUT2D eigenvalue weighted by molar-refractivity contribution is -0.160. The molecule has 3 N–H and O–H groups in total. The molecule has 8 nitrogen and oxygen atoms in total. The summed E-state index contributed by atoms with van der Waals surface area (Å²) >= 11 is 0. The summed E-state index contributed by atoms with van der Waals surface area (Å²) in [5.41, 5.74) is 5.94. The number of rotatable bonds is 5. The van der Waals surface area contributed by atoms with Crippen LogP contribution in [0.1, 0.15) is 16.8 Å². The van der Waals surface area contributed by atoms with E-state index in [1.807, 2.05) is 0 Å². The molecule has 2 aliphatic rings. The Morgan fingerprint density at radius 1 is 1.35 bits per heavy atom. The average molecular weight is 320 g/mol. The molecule has 1 aromatic carbocycles. The summed E-state index contributed by atoms with van der Waals surface area (Å²) in [6.07, 6.45) is -2.08. The first-order valence-corrected chi connectivity index (χ1v) is 7.16. The van der Waals surface area contributed by atoms with Gasteiger partial charge in [-0.15, -0.1) is 0 Å². The number of carboxylic acids is 1. The highest BCUT2D eigenvalue weighted by atomic mass is 16.6. The van der Waals surface area contributed by atoms with E-state index in [0.717, 1.165) is 0 Å². The summed E-state index contributed by atoms with van der Waals surface area (Å²) in [4.78, 5) is 36.3. The maximum atomic E-state index is 12.2. The third kappa shape index (κ3) is 2.90. The van der Waals surface area contributed by atoms with E-state index in [2.05, 4.69) is 0 Å². The first-order valence-electron chi connectivity index (χ1n) is 7.16. The molecule has 4 atom stereocenters. The number of aliphatic carboxylic acids is 1. The molecule has 23 heavy (non-hydrogen) atoms. The van der Waals surface area contributed by atoms with E-state index in [1.54, 1.807) is 30.3 Å². The molecule has 0 bridgehead atoms. The van der Waals surface area contributed by atoms with Crippen molar-refractivity contribution in [1.29, 1.82) is 0 Å². The molecular formula is C15H16N2O6. The van der Waals surface area contributed by atoms with E-state index in [9.17, 15) is 14.4 Å². The molecule has 2 aliphatic heterocycles. The van der Waals surface area contributed by atoms with E-state index in [0.29, 0.717) is 0 Å². The number of esters is 1. The molecule has 1 amide bonds. The second-order valence-corrected chi connectivity index (χ2v) is 5.48. The van der Waals surface area contributed by atoms with Crippen LogP contribution >= 0.6 is 0 Å². The second kappa shape index (κ2) is 5.98. The lowest BCUT2D eigenvalue weighted by Gasteiger charge is -2.31. The first kappa shape index (κ1) is 15.4. The molecule has 3 rings (SSSR count). The second-order valence-electron chi connectivity index (χ2n) is 5.48. The Labute approximate surface area is 131 Å². The van der Waals surface area contributed by atoms with Gasteiger partial charge in [-0.3, -0.25) is 9.59 Å². The molecule has 2 heterocycles. The third-order valence-electron chi connectivity index (χ3n) is 3.98. The number of carboxylic acid groups (broad SMARTS) is 1. The SMILES string of the molecule is N[C@@H](C(=O)O)[C@@H](OC(=O)c1ccccc1)[C@H]1CN2C(=O)C[C@@H]2O1. The van der Waals surface area contributed by atoms with Crippen LogP contribution in [0.3, 0.4) is 0 Å². The fourth-order valence-corrected chi connectivity index (χ4v) is 2.67. The van der Waals surface area contributed by atoms with Crippen LogP contribution in [0.2, 0.25) is 0 Å². The number of nitrogens with two attached hydrogens (primary N) is 1. The fourth-order valence-electron chi connectivity index (χ4n) is 2.67. The summed E-state index contributed by atoms with van der Waals surface area (Å²) in [6, 6.07) is 6.74. The van der Waals surface area contributed by atoms with E-state index >= 15 is 0 Å². The van der Waals surface area contributed by atoms with Crippen LogP contribution in [0.25, 0.3) is 0 Å². The molecule has 0 spiro atoms. The van der Waals surface area contributed by atoms with E-state index in [1.165, 1.54) is 4.90 Å². The van der Waals surface area contributed by atoms with Gasteiger partial charge in [0.15, 0.2) is 6.10 Å².